The second-order valence-electron chi connectivity index (χ2n) is 5.58. The number of hydrogen-bond donors (Lipinski definition) is 2. The SMILES string of the molecule is COc1cc(CNC(=O)CC2(N)CCCCC2)ccn1. The minimum atomic E-state index is -0.307. The molecule has 1 saturated carbocycles. The molecule has 1 fully saturated rings. The standard InChI is InChI=1S/C15H23N3O2/c1-20-14-9-12(5-8-17-14)11-18-13(19)10-15(16)6-3-2-4-7-15/h5,8-9H,2-4,6-7,10-11,16H2,1H3,(H,18,19). The molecule has 0 aliphatic heterocycles. The number of ether oxygens (including phenoxy) is 1. The number of nitrogens with one attached hydrogen (secondary N) is 1. The highest BCUT2D eigenvalue weighted by Crippen LogP contribution is 2.28. The number of nitrogens with zero attached hydrogens (tertiary/aromatic N) is 1. The first kappa shape index (κ1) is 14.8. The molecule has 0 radical (unpaired) electrons. The Morgan fingerprint density at radius 2 is 2.20 bits per heavy atom. The average Bonchev–Trinajstić information content (AvgIpc) is 2.45. The average molecular weight is 277 g/mol. The first-order chi connectivity index (χ1) is 9.61. The number of hydrogen-bond acceptors (Lipinski definition) is 4. The topological polar surface area (TPSA) is 77.2 Å². The van der Waals surface area contributed by atoms with Crippen molar-refractivity contribution in [2.75, 3.05) is 7.11 Å². The Morgan fingerprint density at radius 1 is 1.45 bits per heavy atom. The maximum absolute atomic E-state index is 12.0. The van der Waals surface area contributed by atoms with Crippen LogP contribution in [0.5, 0.6) is 5.88 Å². The summed E-state index contributed by atoms with van der Waals surface area (Å²) in [5.74, 6) is 0.574. The van der Waals surface area contributed by atoms with E-state index in [1.165, 1.54) is 6.42 Å². The number of amides is 1. The van der Waals surface area contributed by atoms with E-state index in [1.807, 2.05) is 12.1 Å². The van der Waals surface area contributed by atoms with Crippen molar-refractivity contribution in [1.82, 2.24) is 10.3 Å². The fourth-order valence-electron chi connectivity index (χ4n) is 2.69. The van der Waals surface area contributed by atoms with Gasteiger partial charge in [0.05, 0.1) is 7.11 Å². The second-order valence-corrected chi connectivity index (χ2v) is 5.58. The van der Waals surface area contributed by atoms with Crippen molar-refractivity contribution in [2.45, 2.75) is 50.6 Å². The molecule has 1 amide bonds. The summed E-state index contributed by atoms with van der Waals surface area (Å²) in [7, 11) is 1.58. The van der Waals surface area contributed by atoms with Gasteiger partial charge in [-0.1, -0.05) is 19.3 Å². The third-order valence-electron chi connectivity index (χ3n) is 3.86. The molecule has 5 nitrogen and oxygen atoms in total. The van der Waals surface area contributed by atoms with E-state index >= 15 is 0 Å². The lowest BCUT2D eigenvalue weighted by atomic mass is 9.80. The number of nitrogens with two attached hydrogens (primary N) is 1. The highest BCUT2D eigenvalue weighted by atomic mass is 16.5. The Morgan fingerprint density at radius 3 is 2.90 bits per heavy atom. The molecule has 0 aromatic carbocycles. The summed E-state index contributed by atoms with van der Waals surface area (Å²) < 4.78 is 5.06. The Hall–Kier alpha value is -1.62. The molecule has 0 unspecified atom stereocenters. The van der Waals surface area contributed by atoms with E-state index < -0.39 is 0 Å². The predicted molar refractivity (Wildman–Crippen MR) is 77.3 cm³/mol. The molecule has 1 aliphatic rings. The van der Waals surface area contributed by atoms with Gasteiger partial charge in [0.2, 0.25) is 11.8 Å². The lowest BCUT2D eigenvalue weighted by Crippen LogP contribution is -2.45. The zero-order valence-corrected chi connectivity index (χ0v) is 12.0. The van der Waals surface area contributed by atoms with Crippen LogP contribution >= 0.6 is 0 Å². The molecule has 5 heteroatoms. The monoisotopic (exact) mass is 277 g/mol. The third-order valence-corrected chi connectivity index (χ3v) is 3.86. The van der Waals surface area contributed by atoms with Gasteiger partial charge < -0.3 is 15.8 Å². The van der Waals surface area contributed by atoms with Gasteiger partial charge in [0.25, 0.3) is 0 Å². The Labute approximate surface area is 119 Å². The fraction of sp³-hybridized carbons (Fsp3) is 0.600. The Bertz CT molecular complexity index is 456. The summed E-state index contributed by atoms with van der Waals surface area (Å²) in [6.07, 6.45) is 7.47. The van der Waals surface area contributed by atoms with Crippen molar-refractivity contribution >= 4 is 5.91 Å². The summed E-state index contributed by atoms with van der Waals surface area (Å²) in [5.41, 5.74) is 6.95. The number of methoxy groups -OCH3 is 1. The van der Waals surface area contributed by atoms with Crippen molar-refractivity contribution in [2.24, 2.45) is 5.73 Å². The van der Waals surface area contributed by atoms with Gasteiger partial charge in [-0.3, -0.25) is 4.79 Å². The summed E-state index contributed by atoms with van der Waals surface area (Å²) in [6, 6.07) is 3.68. The molecule has 3 N–H and O–H groups in total. The minimum Gasteiger partial charge on any atom is -0.481 e. The van der Waals surface area contributed by atoms with E-state index in [0.717, 1.165) is 31.2 Å². The van der Waals surface area contributed by atoms with Crippen LogP contribution in [0.3, 0.4) is 0 Å². The van der Waals surface area contributed by atoms with Gasteiger partial charge in [0.1, 0.15) is 0 Å². The van der Waals surface area contributed by atoms with Gasteiger partial charge in [0, 0.05) is 30.8 Å². The van der Waals surface area contributed by atoms with Crippen molar-refractivity contribution in [3.8, 4) is 5.88 Å². The highest BCUT2D eigenvalue weighted by molar-refractivity contribution is 5.77. The van der Waals surface area contributed by atoms with Crippen LogP contribution < -0.4 is 15.8 Å². The van der Waals surface area contributed by atoms with E-state index in [4.69, 9.17) is 10.5 Å². The highest BCUT2D eigenvalue weighted by Gasteiger charge is 2.29. The molecule has 0 spiro atoms. The molecule has 0 saturated heterocycles. The molecule has 1 heterocycles. The van der Waals surface area contributed by atoms with Crippen LogP contribution in [0.4, 0.5) is 0 Å². The molecular formula is C15H23N3O2. The van der Waals surface area contributed by atoms with Crippen LogP contribution in [0.2, 0.25) is 0 Å². The normalized spacial score (nSPS) is 17.5. The second kappa shape index (κ2) is 6.70. The predicted octanol–water partition coefficient (Wildman–Crippen LogP) is 1.76. The van der Waals surface area contributed by atoms with Crippen LogP contribution in [-0.4, -0.2) is 23.5 Å². The molecule has 110 valence electrons. The smallest absolute Gasteiger partial charge is 0.222 e. The number of aromatic nitrogens is 1. The van der Waals surface area contributed by atoms with E-state index in [1.54, 1.807) is 13.3 Å². The quantitative estimate of drug-likeness (QED) is 0.859. The summed E-state index contributed by atoms with van der Waals surface area (Å²) >= 11 is 0. The maximum Gasteiger partial charge on any atom is 0.222 e. The number of carbonyl (C=O) groups excluding carboxylic acids is 1. The molecule has 2 rings (SSSR count). The van der Waals surface area contributed by atoms with Gasteiger partial charge in [-0.2, -0.15) is 0 Å². The molecule has 0 atom stereocenters. The van der Waals surface area contributed by atoms with E-state index in [2.05, 4.69) is 10.3 Å². The minimum absolute atomic E-state index is 0.0187. The lowest BCUT2D eigenvalue weighted by molar-refractivity contribution is -0.122. The Kier molecular flexibility index (Phi) is 4.95. The number of pyridine rings is 1. The molecule has 20 heavy (non-hydrogen) atoms. The third kappa shape index (κ3) is 4.20. The van der Waals surface area contributed by atoms with Crippen molar-refractivity contribution in [1.29, 1.82) is 0 Å². The van der Waals surface area contributed by atoms with E-state index in [0.29, 0.717) is 18.8 Å². The molecular weight excluding hydrogens is 254 g/mol. The van der Waals surface area contributed by atoms with Crippen LogP contribution in [-0.2, 0) is 11.3 Å². The van der Waals surface area contributed by atoms with Crippen LogP contribution in [0, 0.1) is 0 Å². The number of rotatable bonds is 5. The number of carbonyl (C=O) groups is 1. The summed E-state index contributed by atoms with van der Waals surface area (Å²) in [4.78, 5) is 16.0. The fourth-order valence-corrected chi connectivity index (χ4v) is 2.69. The van der Waals surface area contributed by atoms with E-state index in [9.17, 15) is 4.79 Å². The van der Waals surface area contributed by atoms with E-state index in [-0.39, 0.29) is 11.4 Å². The molecule has 1 aromatic heterocycles. The Balaban J connectivity index is 1.82. The zero-order chi connectivity index (χ0) is 14.4. The van der Waals surface area contributed by atoms with Crippen molar-refractivity contribution in [3.63, 3.8) is 0 Å². The van der Waals surface area contributed by atoms with Gasteiger partial charge in [-0.05, 0) is 24.5 Å². The van der Waals surface area contributed by atoms with Gasteiger partial charge in [-0.25, -0.2) is 4.98 Å². The maximum atomic E-state index is 12.0. The van der Waals surface area contributed by atoms with Crippen molar-refractivity contribution < 1.29 is 9.53 Å². The summed E-state index contributed by atoms with van der Waals surface area (Å²) in [5, 5.41) is 2.92. The molecule has 0 bridgehead atoms. The zero-order valence-electron chi connectivity index (χ0n) is 12.0. The van der Waals surface area contributed by atoms with Crippen LogP contribution in [0.15, 0.2) is 18.3 Å². The molecule has 1 aromatic rings. The molecule has 1 aliphatic carbocycles. The summed E-state index contributed by atoms with van der Waals surface area (Å²) in [6.45, 7) is 0.480. The van der Waals surface area contributed by atoms with Gasteiger partial charge >= 0.3 is 0 Å². The van der Waals surface area contributed by atoms with Crippen LogP contribution in [0.1, 0.15) is 44.1 Å². The van der Waals surface area contributed by atoms with Crippen LogP contribution in [0.25, 0.3) is 0 Å². The van der Waals surface area contributed by atoms with Gasteiger partial charge in [0.15, 0.2) is 0 Å². The lowest BCUT2D eigenvalue weighted by Gasteiger charge is -2.32. The first-order valence-electron chi connectivity index (χ1n) is 7.16. The van der Waals surface area contributed by atoms with Gasteiger partial charge in [-0.15, -0.1) is 0 Å². The van der Waals surface area contributed by atoms with Crippen molar-refractivity contribution in [3.05, 3.63) is 23.9 Å². The largest absolute Gasteiger partial charge is 0.481 e. The first-order valence-corrected chi connectivity index (χ1v) is 7.16.